The van der Waals surface area contributed by atoms with E-state index in [4.69, 9.17) is 4.98 Å². The lowest BCUT2D eigenvalue weighted by Crippen LogP contribution is -2.33. The smallest absolute Gasteiger partial charge is 0.137 e. The first kappa shape index (κ1) is 40.0. The fourth-order valence-corrected chi connectivity index (χ4v) is 9.33. The summed E-state index contributed by atoms with van der Waals surface area (Å²) >= 11 is 0. The number of nitrogens with zero attached hydrogens (tertiary/aromatic N) is 4. The molecule has 0 N–H and O–H groups in total. The van der Waals surface area contributed by atoms with Crippen LogP contribution in [-0.4, -0.2) is 16.2 Å². The van der Waals surface area contributed by atoms with E-state index >= 15 is 0 Å². The second kappa shape index (κ2) is 15.0. The second-order valence-corrected chi connectivity index (χ2v) is 19.9. The molecule has 8 aromatic rings. The number of hydrogen-bond acceptors (Lipinski definition) is 3. The Bertz CT molecular complexity index is 2810. The number of benzene rings is 6. The summed E-state index contributed by atoms with van der Waals surface area (Å²) in [5.41, 5.74) is 12.8. The summed E-state index contributed by atoms with van der Waals surface area (Å²) < 4.78 is 2.32. The monoisotopic (exact) mass is 798 g/mol. The van der Waals surface area contributed by atoms with Gasteiger partial charge in [-0.05, 0) is 92.7 Å². The first-order valence-corrected chi connectivity index (χ1v) is 21.7. The summed E-state index contributed by atoms with van der Waals surface area (Å²) in [4.78, 5) is 9.88. The zero-order valence-corrected chi connectivity index (χ0v) is 37.2. The molecule has 0 spiro atoms. The Hall–Kier alpha value is -6.39. The molecular formula is C57H58N4. The third kappa shape index (κ3) is 7.12. The average Bonchev–Trinajstić information content (AvgIpc) is 3.86. The van der Waals surface area contributed by atoms with E-state index < -0.39 is 5.41 Å². The van der Waals surface area contributed by atoms with Crippen LogP contribution in [0.25, 0.3) is 27.6 Å². The van der Waals surface area contributed by atoms with E-state index in [2.05, 4.69) is 241 Å². The molecule has 0 radical (unpaired) electrons. The number of fused-ring (bicyclic) bond motifs is 3. The van der Waals surface area contributed by atoms with Crippen molar-refractivity contribution in [3.8, 4) is 5.82 Å². The first-order valence-electron chi connectivity index (χ1n) is 21.7. The molecule has 0 atom stereocenters. The van der Waals surface area contributed by atoms with E-state index in [9.17, 15) is 0 Å². The van der Waals surface area contributed by atoms with Gasteiger partial charge in [0.1, 0.15) is 5.82 Å². The van der Waals surface area contributed by atoms with Crippen molar-refractivity contribution in [3.05, 3.63) is 215 Å². The highest BCUT2D eigenvalue weighted by molar-refractivity contribution is 6.09. The van der Waals surface area contributed by atoms with Crippen LogP contribution in [0.5, 0.6) is 0 Å². The van der Waals surface area contributed by atoms with Crippen LogP contribution in [0, 0.1) is 5.41 Å². The SMILES string of the molecule is CC(C)(C)C1=CN(c2cc(C(C)(C)C)cc(C(C)(C)C)c2)CN1c1cccc(C(c2ccccc2)(c2ccccc2)c2ccc3c4ccccc4n(-c4ccccn4)c3c2)c1. The zero-order chi connectivity index (χ0) is 42.7. The summed E-state index contributed by atoms with van der Waals surface area (Å²) in [6.45, 7) is 21.6. The predicted molar refractivity (Wildman–Crippen MR) is 258 cm³/mol. The van der Waals surface area contributed by atoms with Crippen LogP contribution >= 0.6 is 0 Å². The summed E-state index contributed by atoms with van der Waals surface area (Å²) in [5, 5.41) is 2.42. The van der Waals surface area contributed by atoms with Gasteiger partial charge in [-0.25, -0.2) is 4.98 Å². The van der Waals surface area contributed by atoms with Crippen LogP contribution in [0.3, 0.4) is 0 Å². The topological polar surface area (TPSA) is 24.3 Å². The van der Waals surface area contributed by atoms with Gasteiger partial charge < -0.3 is 9.80 Å². The molecule has 9 rings (SSSR count). The Labute approximate surface area is 362 Å². The number of para-hydroxylation sites is 1. The van der Waals surface area contributed by atoms with Crippen molar-refractivity contribution < 1.29 is 0 Å². The van der Waals surface area contributed by atoms with E-state index in [0.717, 1.165) is 16.9 Å². The van der Waals surface area contributed by atoms with E-state index in [1.165, 1.54) is 61.2 Å². The van der Waals surface area contributed by atoms with Crippen molar-refractivity contribution in [2.45, 2.75) is 78.6 Å². The molecule has 6 aromatic carbocycles. The molecule has 4 heteroatoms. The number of anilines is 2. The lowest BCUT2D eigenvalue weighted by molar-refractivity contribution is 0.492. The Kier molecular flexibility index (Phi) is 9.82. The number of pyridine rings is 1. The third-order valence-electron chi connectivity index (χ3n) is 12.6. The number of allylic oxidation sites excluding steroid dienone is 1. The summed E-state index contributed by atoms with van der Waals surface area (Å²) in [5.74, 6) is 0.903. The predicted octanol–water partition coefficient (Wildman–Crippen LogP) is 14.3. The van der Waals surface area contributed by atoms with Crippen LogP contribution in [0.15, 0.2) is 182 Å². The molecule has 61 heavy (non-hydrogen) atoms. The standard InChI is InChI=1S/C57H58N4/c1-54(2,3)44-33-45(55(4,5)6)36-47(35-44)59-38-52(56(7,8)9)60(39-59)46-26-20-25-42(34-46)57(40-21-12-10-13-22-40,41-23-14-11-15-24-41)43-30-31-49-48-27-16-17-28-50(48)61(51(49)37-43)53-29-18-19-32-58-53/h10-38H,39H2,1-9H3. The average molecular weight is 799 g/mol. The molecule has 0 saturated carbocycles. The number of hydrogen-bond donors (Lipinski definition) is 0. The molecule has 2 aromatic heterocycles. The van der Waals surface area contributed by atoms with E-state index in [1.54, 1.807) is 0 Å². The molecule has 1 aliphatic heterocycles. The third-order valence-corrected chi connectivity index (χ3v) is 12.6. The summed E-state index contributed by atoms with van der Waals surface area (Å²) in [6, 6.07) is 60.6. The maximum atomic E-state index is 4.88. The molecule has 0 bridgehead atoms. The molecule has 0 aliphatic carbocycles. The molecular weight excluding hydrogens is 741 g/mol. The van der Waals surface area contributed by atoms with E-state index in [-0.39, 0.29) is 16.2 Å². The van der Waals surface area contributed by atoms with E-state index in [0.29, 0.717) is 6.67 Å². The Morgan fingerprint density at radius 1 is 0.426 bits per heavy atom. The molecule has 4 nitrogen and oxygen atoms in total. The molecule has 0 saturated heterocycles. The minimum absolute atomic E-state index is 0.0213. The summed E-state index contributed by atoms with van der Waals surface area (Å²) in [7, 11) is 0. The lowest BCUT2D eigenvalue weighted by Gasteiger charge is -2.38. The van der Waals surface area contributed by atoms with Crippen LogP contribution in [0.2, 0.25) is 0 Å². The van der Waals surface area contributed by atoms with Gasteiger partial charge in [0.2, 0.25) is 0 Å². The van der Waals surface area contributed by atoms with Crippen LogP contribution in [0.1, 0.15) is 95.7 Å². The van der Waals surface area contributed by atoms with Crippen LogP contribution < -0.4 is 9.80 Å². The maximum absolute atomic E-state index is 4.88. The second-order valence-electron chi connectivity index (χ2n) is 19.9. The van der Waals surface area contributed by atoms with Crippen molar-refractivity contribution in [3.63, 3.8) is 0 Å². The van der Waals surface area contributed by atoms with Gasteiger partial charge >= 0.3 is 0 Å². The van der Waals surface area contributed by atoms with Gasteiger partial charge in [-0.2, -0.15) is 0 Å². The Morgan fingerprint density at radius 2 is 0.984 bits per heavy atom. The van der Waals surface area contributed by atoms with Crippen molar-refractivity contribution in [1.82, 2.24) is 9.55 Å². The van der Waals surface area contributed by atoms with Gasteiger partial charge in [-0.3, -0.25) is 4.57 Å². The largest absolute Gasteiger partial charge is 0.328 e. The molecule has 0 fully saturated rings. The highest BCUT2D eigenvalue weighted by Gasteiger charge is 2.40. The van der Waals surface area contributed by atoms with Gasteiger partial charge in [-0.15, -0.1) is 0 Å². The number of aromatic nitrogens is 2. The molecule has 306 valence electrons. The van der Waals surface area contributed by atoms with Gasteiger partial charge in [0.15, 0.2) is 0 Å². The quantitative estimate of drug-likeness (QED) is 0.150. The van der Waals surface area contributed by atoms with Gasteiger partial charge in [0, 0.05) is 45.7 Å². The highest BCUT2D eigenvalue weighted by atomic mass is 15.4. The van der Waals surface area contributed by atoms with Gasteiger partial charge in [-0.1, -0.05) is 178 Å². The highest BCUT2D eigenvalue weighted by Crippen LogP contribution is 2.49. The minimum Gasteiger partial charge on any atom is -0.328 e. The molecule has 0 unspecified atom stereocenters. The van der Waals surface area contributed by atoms with Gasteiger partial charge in [0.25, 0.3) is 0 Å². The fraction of sp³-hybridized carbons (Fsp3) is 0.246. The molecule has 1 aliphatic rings. The zero-order valence-electron chi connectivity index (χ0n) is 37.2. The molecule has 0 amide bonds. The van der Waals surface area contributed by atoms with Gasteiger partial charge in [0.05, 0.1) is 23.1 Å². The van der Waals surface area contributed by atoms with Crippen molar-refractivity contribution in [1.29, 1.82) is 0 Å². The van der Waals surface area contributed by atoms with E-state index in [1.807, 2.05) is 12.3 Å². The van der Waals surface area contributed by atoms with Crippen molar-refractivity contribution in [2.75, 3.05) is 16.5 Å². The van der Waals surface area contributed by atoms with Crippen molar-refractivity contribution >= 4 is 33.2 Å². The first-order chi connectivity index (χ1) is 29.1. The summed E-state index contributed by atoms with van der Waals surface area (Å²) in [6.07, 6.45) is 4.28. The lowest BCUT2D eigenvalue weighted by atomic mass is 9.65. The normalized spacial score (nSPS) is 14.0. The van der Waals surface area contributed by atoms with Crippen LogP contribution in [-0.2, 0) is 16.2 Å². The number of rotatable bonds is 7. The van der Waals surface area contributed by atoms with Crippen molar-refractivity contribution in [2.24, 2.45) is 5.41 Å². The van der Waals surface area contributed by atoms with Crippen LogP contribution in [0.4, 0.5) is 11.4 Å². The minimum atomic E-state index is -0.661. The molecule has 3 heterocycles. The maximum Gasteiger partial charge on any atom is 0.137 e. The Morgan fingerprint density at radius 3 is 1.59 bits per heavy atom. The fourth-order valence-electron chi connectivity index (χ4n) is 9.33. The Balaban J connectivity index is 1.26.